The third-order valence-electron chi connectivity index (χ3n) is 4.59. The van der Waals surface area contributed by atoms with E-state index in [4.69, 9.17) is 4.74 Å². The van der Waals surface area contributed by atoms with Gasteiger partial charge in [-0.2, -0.15) is 0 Å². The van der Waals surface area contributed by atoms with Crippen LogP contribution in [0.15, 0.2) is 54.0 Å². The van der Waals surface area contributed by atoms with Crippen molar-refractivity contribution in [2.75, 3.05) is 25.0 Å². The van der Waals surface area contributed by atoms with E-state index in [1.165, 1.54) is 11.3 Å². The molecular formula is C23H24N4O4S. The summed E-state index contributed by atoms with van der Waals surface area (Å²) in [6.07, 6.45) is 1.65. The smallest absolute Gasteiger partial charge is 0.312 e. The number of anilines is 1. The van der Waals surface area contributed by atoms with Crippen molar-refractivity contribution < 1.29 is 19.1 Å². The molecule has 166 valence electrons. The Hall–Kier alpha value is -3.59. The minimum Gasteiger partial charge on any atom is -0.455 e. The predicted octanol–water partition coefficient (Wildman–Crippen LogP) is 3.41. The first-order chi connectivity index (χ1) is 15.5. The number of ether oxygens (including phenoxy) is 1. The van der Waals surface area contributed by atoms with Crippen molar-refractivity contribution in [3.63, 3.8) is 0 Å². The van der Waals surface area contributed by atoms with Gasteiger partial charge in [0.05, 0.1) is 17.8 Å². The van der Waals surface area contributed by atoms with Crippen LogP contribution in [-0.4, -0.2) is 52.3 Å². The molecule has 9 heteroatoms. The van der Waals surface area contributed by atoms with E-state index < -0.39 is 18.5 Å². The molecule has 8 nitrogen and oxygen atoms in total. The number of pyridine rings is 1. The van der Waals surface area contributed by atoms with Crippen LogP contribution in [0.1, 0.15) is 29.9 Å². The van der Waals surface area contributed by atoms with Crippen molar-refractivity contribution in [3.8, 4) is 10.7 Å². The summed E-state index contributed by atoms with van der Waals surface area (Å²) < 4.78 is 5.05. The largest absolute Gasteiger partial charge is 0.455 e. The molecule has 3 aromatic rings. The van der Waals surface area contributed by atoms with Crippen LogP contribution in [0.5, 0.6) is 0 Å². The molecule has 0 atom stereocenters. The quantitative estimate of drug-likeness (QED) is 0.499. The Labute approximate surface area is 190 Å². The molecule has 0 bridgehead atoms. The zero-order valence-electron chi connectivity index (χ0n) is 17.9. The number of amides is 2. The summed E-state index contributed by atoms with van der Waals surface area (Å²) in [5, 5.41) is 5.13. The van der Waals surface area contributed by atoms with Crippen LogP contribution in [0, 0.1) is 0 Å². The Bertz CT molecular complexity index is 1060. The first kappa shape index (κ1) is 23.1. The lowest BCUT2D eigenvalue weighted by molar-refractivity contribution is -0.146. The first-order valence-electron chi connectivity index (χ1n) is 10.2. The number of nitrogens with zero attached hydrogens (tertiary/aromatic N) is 3. The maximum Gasteiger partial charge on any atom is 0.312 e. The maximum absolute atomic E-state index is 12.3. The number of nitrogens with one attached hydrogen (secondary N) is 1. The fourth-order valence-corrected chi connectivity index (χ4v) is 3.72. The number of rotatable bonds is 9. The van der Waals surface area contributed by atoms with Crippen molar-refractivity contribution in [3.05, 3.63) is 65.3 Å². The van der Waals surface area contributed by atoms with E-state index in [-0.39, 0.29) is 12.3 Å². The molecule has 0 fully saturated rings. The second kappa shape index (κ2) is 11.1. The summed E-state index contributed by atoms with van der Waals surface area (Å²) >= 11 is 1.39. The van der Waals surface area contributed by atoms with Gasteiger partial charge < -0.3 is 15.0 Å². The molecular weight excluding hydrogens is 428 g/mol. The second-order valence-corrected chi connectivity index (χ2v) is 7.66. The molecule has 0 saturated heterocycles. The number of carbonyl (C=O) groups excluding carboxylic acids is 3. The van der Waals surface area contributed by atoms with Gasteiger partial charge in [0.15, 0.2) is 6.61 Å². The molecule has 1 aromatic carbocycles. The summed E-state index contributed by atoms with van der Waals surface area (Å²) in [7, 11) is 0. The summed E-state index contributed by atoms with van der Waals surface area (Å²) in [5.74, 6) is -1.07. The lowest BCUT2D eigenvalue weighted by Gasteiger charge is -2.18. The molecule has 0 aliphatic carbocycles. The van der Waals surface area contributed by atoms with Crippen LogP contribution in [0.25, 0.3) is 10.7 Å². The highest BCUT2D eigenvalue weighted by Crippen LogP contribution is 2.21. The zero-order valence-corrected chi connectivity index (χ0v) is 18.7. The molecule has 1 N–H and O–H groups in total. The van der Waals surface area contributed by atoms with Crippen molar-refractivity contribution in [2.24, 2.45) is 0 Å². The lowest BCUT2D eigenvalue weighted by Crippen LogP contribution is -2.30. The van der Waals surface area contributed by atoms with Gasteiger partial charge in [0, 0.05) is 35.9 Å². The van der Waals surface area contributed by atoms with Crippen molar-refractivity contribution in [2.45, 2.75) is 20.3 Å². The van der Waals surface area contributed by atoms with Crippen LogP contribution < -0.4 is 5.32 Å². The van der Waals surface area contributed by atoms with E-state index in [0.29, 0.717) is 35.0 Å². The number of hydrogen-bond acceptors (Lipinski definition) is 7. The Morgan fingerprint density at radius 1 is 1.06 bits per heavy atom. The van der Waals surface area contributed by atoms with Crippen LogP contribution in [0.4, 0.5) is 5.69 Å². The Kier molecular flexibility index (Phi) is 8.04. The van der Waals surface area contributed by atoms with Gasteiger partial charge in [-0.05, 0) is 50.2 Å². The second-order valence-electron chi connectivity index (χ2n) is 6.80. The standard InChI is InChI=1S/C23H24N4O4S/c1-3-27(4-2)23(30)16-8-10-17(11-9-16)25-20(28)14-31-21(29)13-18-15-32-22(26-18)19-7-5-6-12-24-19/h5-12,15H,3-4,13-14H2,1-2H3,(H,25,28). The van der Waals surface area contributed by atoms with Crippen LogP contribution >= 0.6 is 11.3 Å². The Balaban J connectivity index is 1.46. The number of benzene rings is 1. The highest BCUT2D eigenvalue weighted by molar-refractivity contribution is 7.13. The first-order valence-corrected chi connectivity index (χ1v) is 11.1. The molecule has 2 heterocycles. The molecule has 0 aliphatic rings. The lowest BCUT2D eigenvalue weighted by atomic mass is 10.2. The summed E-state index contributed by atoms with van der Waals surface area (Å²) in [6.45, 7) is 4.70. The van der Waals surface area contributed by atoms with E-state index >= 15 is 0 Å². The van der Waals surface area contributed by atoms with E-state index in [2.05, 4.69) is 15.3 Å². The zero-order chi connectivity index (χ0) is 22.9. The predicted molar refractivity (Wildman–Crippen MR) is 122 cm³/mol. The third kappa shape index (κ3) is 6.21. The summed E-state index contributed by atoms with van der Waals surface area (Å²) in [6, 6.07) is 12.1. The van der Waals surface area contributed by atoms with Gasteiger partial charge in [0.25, 0.3) is 11.8 Å². The topological polar surface area (TPSA) is 101 Å². The number of carbonyl (C=O) groups is 3. The highest BCUT2D eigenvalue weighted by atomic mass is 32.1. The maximum atomic E-state index is 12.3. The summed E-state index contributed by atoms with van der Waals surface area (Å²) in [4.78, 5) is 46.8. The van der Waals surface area contributed by atoms with E-state index in [0.717, 1.165) is 5.69 Å². The fraction of sp³-hybridized carbons (Fsp3) is 0.261. The van der Waals surface area contributed by atoms with Crippen LogP contribution in [0.2, 0.25) is 0 Å². The van der Waals surface area contributed by atoms with Crippen LogP contribution in [0.3, 0.4) is 0 Å². The molecule has 2 amide bonds. The van der Waals surface area contributed by atoms with Crippen LogP contribution in [-0.2, 0) is 20.7 Å². The number of esters is 1. The Morgan fingerprint density at radius 2 is 1.81 bits per heavy atom. The molecule has 0 spiro atoms. The monoisotopic (exact) mass is 452 g/mol. The Morgan fingerprint density at radius 3 is 2.47 bits per heavy atom. The van der Waals surface area contributed by atoms with Gasteiger partial charge in [0.2, 0.25) is 0 Å². The normalized spacial score (nSPS) is 10.4. The van der Waals surface area contributed by atoms with Crippen molar-refractivity contribution in [1.82, 2.24) is 14.9 Å². The van der Waals surface area contributed by atoms with Crippen molar-refractivity contribution in [1.29, 1.82) is 0 Å². The minimum absolute atomic E-state index is 0.0290. The van der Waals surface area contributed by atoms with Gasteiger partial charge in [-0.15, -0.1) is 11.3 Å². The molecule has 3 rings (SSSR count). The average molecular weight is 453 g/mol. The third-order valence-corrected chi connectivity index (χ3v) is 5.51. The van der Waals surface area contributed by atoms with E-state index in [9.17, 15) is 14.4 Å². The van der Waals surface area contributed by atoms with Gasteiger partial charge in [-0.3, -0.25) is 19.4 Å². The SMILES string of the molecule is CCN(CC)C(=O)c1ccc(NC(=O)COC(=O)Cc2csc(-c3ccccn3)n2)cc1. The molecule has 0 saturated carbocycles. The van der Waals surface area contributed by atoms with Crippen molar-refractivity contribution >= 4 is 34.8 Å². The van der Waals surface area contributed by atoms with Gasteiger partial charge in [0.1, 0.15) is 5.01 Å². The number of thiazole rings is 1. The van der Waals surface area contributed by atoms with Gasteiger partial charge in [-0.1, -0.05) is 6.07 Å². The van der Waals surface area contributed by atoms with E-state index in [1.807, 2.05) is 32.0 Å². The molecule has 0 unspecified atom stereocenters. The number of hydrogen-bond donors (Lipinski definition) is 1. The molecule has 32 heavy (non-hydrogen) atoms. The minimum atomic E-state index is -0.543. The molecule has 2 aromatic heterocycles. The highest BCUT2D eigenvalue weighted by Gasteiger charge is 2.14. The summed E-state index contributed by atoms with van der Waals surface area (Å²) in [5.41, 5.74) is 2.36. The fourth-order valence-electron chi connectivity index (χ4n) is 2.93. The van der Waals surface area contributed by atoms with Gasteiger partial charge in [-0.25, -0.2) is 4.98 Å². The van der Waals surface area contributed by atoms with Gasteiger partial charge >= 0.3 is 5.97 Å². The number of aromatic nitrogens is 2. The average Bonchev–Trinajstić information content (AvgIpc) is 3.28. The molecule has 0 aliphatic heterocycles. The van der Waals surface area contributed by atoms with E-state index in [1.54, 1.807) is 40.7 Å². The molecule has 0 radical (unpaired) electrons.